The van der Waals surface area contributed by atoms with Gasteiger partial charge < -0.3 is 0 Å². The van der Waals surface area contributed by atoms with Crippen LogP contribution in [0.4, 0.5) is 13.2 Å². The average Bonchev–Trinajstić information content (AvgIpc) is 2.12. The van der Waals surface area contributed by atoms with E-state index in [0.29, 0.717) is 6.42 Å². The lowest BCUT2D eigenvalue weighted by molar-refractivity contribution is -0.148. The molecule has 0 saturated carbocycles. The summed E-state index contributed by atoms with van der Waals surface area (Å²) in [6.07, 6.45) is -2.03. The fraction of sp³-hybridized carbons (Fsp3) is 0.833. The molecule has 0 aromatic rings. The molecular formula is C6H9F3N2. The maximum Gasteiger partial charge on any atom is 0.407 e. The maximum absolute atomic E-state index is 11.8. The van der Waals surface area contributed by atoms with Gasteiger partial charge in [-0.2, -0.15) is 18.3 Å². The zero-order valence-corrected chi connectivity index (χ0v) is 6.10. The first-order valence-corrected chi connectivity index (χ1v) is 3.35. The SMILES string of the molecule is CC1CC=NN1CC(F)(F)F. The summed E-state index contributed by atoms with van der Waals surface area (Å²) in [7, 11) is 0. The molecule has 0 spiro atoms. The van der Waals surface area contributed by atoms with Gasteiger partial charge in [0.1, 0.15) is 6.54 Å². The first-order chi connectivity index (χ1) is 4.99. The Balaban J connectivity index is 2.43. The van der Waals surface area contributed by atoms with Gasteiger partial charge in [-0.1, -0.05) is 0 Å². The Kier molecular flexibility index (Phi) is 2.06. The molecule has 1 unspecified atom stereocenters. The standard InChI is InChI=1S/C6H9F3N2/c1-5-2-3-10-11(5)4-6(7,8)9/h3,5H,2,4H2,1H3. The number of hydrazone groups is 1. The van der Waals surface area contributed by atoms with Crippen molar-refractivity contribution in [1.29, 1.82) is 0 Å². The van der Waals surface area contributed by atoms with E-state index in [-0.39, 0.29) is 6.04 Å². The summed E-state index contributed by atoms with van der Waals surface area (Å²) in [5, 5.41) is 4.65. The van der Waals surface area contributed by atoms with Crippen LogP contribution in [-0.2, 0) is 0 Å². The zero-order chi connectivity index (χ0) is 8.48. The molecule has 1 aliphatic heterocycles. The van der Waals surface area contributed by atoms with E-state index in [9.17, 15) is 13.2 Å². The molecule has 1 atom stereocenters. The van der Waals surface area contributed by atoms with E-state index in [1.54, 1.807) is 6.92 Å². The number of rotatable bonds is 1. The Morgan fingerprint density at radius 2 is 2.27 bits per heavy atom. The van der Waals surface area contributed by atoms with Gasteiger partial charge in [0.15, 0.2) is 0 Å². The second-order valence-corrected chi connectivity index (χ2v) is 2.60. The maximum atomic E-state index is 11.8. The Hall–Kier alpha value is -0.740. The van der Waals surface area contributed by atoms with Crippen molar-refractivity contribution in [3.63, 3.8) is 0 Å². The molecule has 0 amide bonds. The molecule has 0 radical (unpaired) electrons. The van der Waals surface area contributed by atoms with Crippen molar-refractivity contribution in [2.45, 2.75) is 25.6 Å². The summed E-state index contributed by atoms with van der Waals surface area (Å²) in [4.78, 5) is 0. The second kappa shape index (κ2) is 2.71. The highest BCUT2D eigenvalue weighted by atomic mass is 19.4. The van der Waals surface area contributed by atoms with Crippen LogP contribution in [0.25, 0.3) is 0 Å². The Labute approximate surface area is 62.7 Å². The van der Waals surface area contributed by atoms with Crippen molar-refractivity contribution in [3.8, 4) is 0 Å². The quantitative estimate of drug-likeness (QED) is 0.578. The lowest BCUT2D eigenvalue weighted by atomic mass is 10.3. The predicted molar refractivity (Wildman–Crippen MR) is 35.3 cm³/mol. The number of hydrogen-bond acceptors (Lipinski definition) is 2. The molecule has 0 aromatic carbocycles. The normalized spacial score (nSPS) is 24.7. The van der Waals surface area contributed by atoms with Crippen molar-refractivity contribution in [3.05, 3.63) is 0 Å². The van der Waals surface area contributed by atoms with Crippen LogP contribution in [0.5, 0.6) is 0 Å². The van der Waals surface area contributed by atoms with Crippen molar-refractivity contribution in [2.75, 3.05) is 6.54 Å². The molecule has 0 aliphatic carbocycles. The van der Waals surface area contributed by atoms with E-state index in [0.717, 1.165) is 5.01 Å². The van der Waals surface area contributed by atoms with Gasteiger partial charge in [0.2, 0.25) is 0 Å². The van der Waals surface area contributed by atoms with Crippen molar-refractivity contribution in [2.24, 2.45) is 5.10 Å². The zero-order valence-electron chi connectivity index (χ0n) is 6.10. The molecule has 11 heavy (non-hydrogen) atoms. The van der Waals surface area contributed by atoms with Crippen LogP contribution in [-0.4, -0.2) is 30.0 Å². The third kappa shape index (κ3) is 2.40. The Bertz CT molecular complexity index is 164. The molecule has 64 valence electrons. The smallest absolute Gasteiger partial charge is 0.285 e. The molecule has 0 aromatic heterocycles. The van der Waals surface area contributed by atoms with E-state index in [1.165, 1.54) is 6.21 Å². The van der Waals surface area contributed by atoms with Crippen LogP contribution in [0.3, 0.4) is 0 Å². The van der Waals surface area contributed by atoms with Crippen LogP contribution < -0.4 is 0 Å². The van der Waals surface area contributed by atoms with Crippen LogP contribution in [0, 0.1) is 0 Å². The molecule has 5 heteroatoms. The molecule has 1 aliphatic rings. The van der Waals surface area contributed by atoms with E-state index in [1.807, 2.05) is 0 Å². The second-order valence-electron chi connectivity index (χ2n) is 2.60. The lowest BCUT2D eigenvalue weighted by Gasteiger charge is -2.21. The highest BCUT2D eigenvalue weighted by molar-refractivity contribution is 5.59. The third-order valence-electron chi connectivity index (χ3n) is 1.53. The van der Waals surface area contributed by atoms with Gasteiger partial charge in [-0.3, -0.25) is 5.01 Å². The minimum absolute atomic E-state index is 0.114. The average molecular weight is 166 g/mol. The summed E-state index contributed by atoms with van der Waals surface area (Å²) in [6, 6.07) is -0.114. The van der Waals surface area contributed by atoms with Gasteiger partial charge in [-0.25, -0.2) is 0 Å². The molecule has 0 fully saturated rings. The first kappa shape index (κ1) is 8.36. The third-order valence-corrected chi connectivity index (χ3v) is 1.53. The van der Waals surface area contributed by atoms with Gasteiger partial charge >= 0.3 is 6.18 Å². The van der Waals surface area contributed by atoms with Crippen LogP contribution in [0.2, 0.25) is 0 Å². The molecule has 1 heterocycles. The predicted octanol–water partition coefficient (Wildman–Crippen LogP) is 1.63. The topological polar surface area (TPSA) is 15.6 Å². The molecule has 0 saturated heterocycles. The fourth-order valence-corrected chi connectivity index (χ4v) is 0.920. The van der Waals surface area contributed by atoms with Gasteiger partial charge in [0, 0.05) is 18.7 Å². The molecule has 0 bridgehead atoms. The minimum atomic E-state index is -4.14. The summed E-state index contributed by atoms with van der Waals surface area (Å²) in [5.41, 5.74) is 0. The molecule has 1 rings (SSSR count). The largest absolute Gasteiger partial charge is 0.407 e. The highest BCUT2D eigenvalue weighted by Gasteiger charge is 2.33. The lowest BCUT2D eigenvalue weighted by Crippen LogP contribution is -2.33. The Morgan fingerprint density at radius 3 is 2.64 bits per heavy atom. The molecule has 0 N–H and O–H groups in total. The van der Waals surface area contributed by atoms with Crippen molar-refractivity contribution in [1.82, 2.24) is 5.01 Å². The highest BCUT2D eigenvalue weighted by Crippen LogP contribution is 2.20. The van der Waals surface area contributed by atoms with Crippen LogP contribution in [0.1, 0.15) is 13.3 Å². The summed E-state index contributed by atoms with van der Waals surface area (Å²) < 4.78 is 35.3. The van der Waals surface area contributed by atoms with Gasteiger partial charge in [0.25, 0.3) is 0 Å². The van der Waals surface area contributed by atoms with Gasteiger partial charge in [-0.15, -0.1) is 0 Å². The van der Waals surface area contributed by atoms with Crippen molar-refractivity contribution < 1.29 is 13.2 Å². The molecule has 2 nitrogen and oxygen atoms in total. The summed E-state index contributed by atoms with van der Waals surface area (Å²) in [5.74, 6) is 0. The number of halogens is 3. The number of nitrogens with zero attached hydrogens (tertiary/aromatic N) is 2. The fourth-order valence-electron chi connectivity index (χ4n) is 0.920. The van der Waals surface area contributed by atoms with Gasteiger partial charge in [0.05, 0.1) is 0 Å². The number of alkyl halides is 3. The molecular weight excluding hydrogens is 157 g/mol. The summed E-state index contributed by atoms with van der Waals surface area (Å²) in [6.45, 7) is 0.781. The Morgan fingerprint density at radius 1 is 1.64 bits per heavy atom. The first-order valence-electron chi connectivity index (χ1n) is 3.35. The van der Waals surface area contributed by atoms with E-state index in [4.69, 9.17) is 0 Å². The van der Waals surface area contributed by atoms with Crippen LogP contribution >= 0.6 is 0 Å². The van der Waals surface area contributed by atoms with Crippen LogP contribution in [0.15, 0.2) is 5.10 Å². The van der Waals surface area contributed by atoms with Gasteiger partial charge in [-0.05, 0) is 6.92 Å². The summed E-state index contributed by atoms with van der Waals surface area (Å²) >= 11 is 0. The monoisotopic (exact) mass is 166 g/mol. The van der Waals surface area contributed by atoms with E-state index < -0.39 is 12.7 Å². The minimum Gasteiger partial charge on any atom is -0.285 e. The van der Waals surface area contributed by atoms with Crippen molar-refractivity contribution >= 4 is 6.21 Å². The van der Waals surface area contributed by atoms with E-state index >= 15 is 0 Å². The number of hydrogen-bond donors (Lipinski definition) is 0. The van der Waals surface area contributed by atoms with E-state index in [2.05, 4.69) is 5.10 Å².